The molecular formula is C15H22N4O4. The number of hydrogen-bond acceptors (Lipinski definition) is 5. The maximum Gasteiger partial charge on any atom is 0.272 e. The van der Waals surface area contributed by atoms with Gasteiger partial charge in [0.05, 0.1) is 25.4 Å². The Labute approximate surface area is 134 Å². The third-order valence-electron chi connectivity index (χ3n) is 4.11. The van der Waals surface area contributed by atoms with Gasteiger partial charge in [-0.2, -0.15) is 5.10 Å². The molecule has 8 nitrogen and oxygen atoms in total. The zero-order chi connectivity index (χ0) is 16.2. The Morgan fingerprint density at radius 3 is 3.04 bits per heavy atom. The SMILES string of the molecule is CCOCC(=O)N1Cc2ccnn2[C@@H](C(=O)N2CCCCO2)C1. The minimum absolute atomic E-state index is 0.0335. The monoisotopic (exact) mass is 322 g/mol. The molecule has 2 amide bonds. The van der Waals surface area contributed by atoms with Crippen LogP contribution in [0.1, 0.15) is 31.5 Å². The highest BCUT2D eigenvalue weighted by molar-refractivity contribution is 5.82. The Morgan fingerprint density at radius 2 is 2.30 bits per heavy atom. The van der Waals surface area contributed by atoms with E-state index in [1.807, 2.05) is 13.0 Å². The molecule has 0 bridgehead atoms. The van der Waals surface area contributed by atoms with E-state index in [-0.39, 0.29) is 18.4 Å². The summed E-state index contributed by atoms with van der Waals surface area (Å²) in [5.74, 6) is -0.264. The van der Waals surface area contributed by atoms with Gasteiger partial charge in [-0.25, -0.2) is 5.06 Å². The average molecular weight is 322 g/mol. The summed E-state index contributed by atoms with van der Waals surface area (Å²) in [5.41, 5.74) is 0.844. The Kier molecular flexibility index (Phi) is 4.92. The van der Waals surface area contributed by atoms with E-state index in [0.717, 1.165) is 18.5 Å². The second kappa shape index (κ2) is 7.10. The van der Waals surface area contributed by atoms with Crippen molar-refractivity contribution >= 4 is 11.8 Å². The minimum atomic E-state index is -0.544. The first-order valence-electron chi connectivity index (χ1n) is 8.03. The molecule has 0 aromatic carbocycles. The van der Waals surface area contributed by atoms with E-state index in [0.29, 0.717) is 32.8 Å². The number of hydrogen-bond donors (Lipinski definition) is 0. The molecule has 1 aromatic rings. The molecule has 1 atom stereocenters. The van der Waals surface area contributed by atoms with E-state index in [2.05, 4.69) is 5.10 Å². The van der Waals surface area contributed by atoms with Crippen molar-refractivity contribution in [3.63, 3.8) is 0 Å². The van der Waals surface area contributed by atoms with Crippen LogP contribution >= 0.6 is 0 Å². The Bertz CT molecular complexity index is 568. The van der Waals surface area contributed by atoms with Gasteiger partial charge in [0.15, 0.2) is 6.04 Å². The molecule has 0 spiro atoms. The van der Waals surface area contributed by atoms with E-state index >= 15 is 0 Å². The molecule has 0 saturated carbocycles. The number of carbonyl (C=O) groups excluding carboxylic acids is 2. The summed E-state index contributed by atoms with van der Waals surface area (Å²) in [6.07, 6.45) is 3.54. The highest BCUT2D eigenvalue weighted by Gasteiger charge is 2.36. The normalized spacial score (nSPS) is 21.2. The molecule has 2 aliphatic rings. The van der Waals surface area contributed by atoms with Gasteiger partial charge in [-0.1, -0.05) is 0 Å². The van der Waals surface area contributed by atoms with Crippen LogP contribution in [-0.2, 0) is 25.7 Å². The zero-order valence-electron chi connectivity index (χ0n) is 13.3. The van der Waals surface area contributed by atoms with Gasteiger partial charge in [-0.3, -0.25) is 19.1 Å². The molecule has 2 aliphatic heterocycles. The van der Waals surface area contributed by atoms with Gasteiger partial charge < -0.3 is 9.64 Å². The highest BCUT2D eigenvalue weighted by Crippen LogP contribution is 2.23. The van der Waals surface area contributed by atoms with Gasteiger partial charge in [0.25, 0.3) is 5.91 Å². The summed E-state index contributed by atoms with van der Waals surface area (Å²) in [6.45, 7) is 4.23. The van der Waals surface area contributed by atoms with Gasteiger partial charge in [0.2, 0.25) is 5.91 Å². The van der Waals surface area contributed by atoms with E-state index in [4.69, 9.17) is 9.57 Å². The van der Waals surface area contributed by atoms with Crippen LogP contribution in [0.5, 0.6) is 0 Å². The van der Waals surface area contributed by atoms with Crippen molar-refractivity contribution in [3.8, 4) is 0 Å². The topological polar surface area (TPSA) is 76.9 Å². The lowest BCUT2D eigenvalue weighted by Crippen LogP contribution is -2.49. The molecule has 1 fully saturated rings. The number of carbonyl (C=O) groups is 2. The van der Waals surface area contributed by atoms with Crippen LogP contribution in [0, 0.1) is 0 Å². The molecule has 3 rings (SSSR count). The zero-order valence-corrected chi connectivity index (χ0v) is 13.3. The van der Waals surface area contributed by atoms with Gasteiger partial charge in [0.1, 0.15) is 6.61 Å². The third kappa shape index (κ3) is 3.37. The molecule has 1 aromatic heterocycles. The molecule has 126 valence electrons. The number of aromatic nitrogens is 2. The maximum atomic E-state index is 12.8. The first-order chi connectivity index (χ1) is 11.2. The first-order valence-corrected chi connectivity index (χ1v) is 8.03. The molecule has 0 N–H and O–H groups in total. The van der Waals surface area contributed by atoms with Gasteiger partial charge in [-0.05, 0) is 25.8 Å². The maximum absolute atomic E-state index is 12.8. The van der Waals surface area contributed by atoms with Crippen LogP contribution in [0.3, 0.4) is 0 Å². The summed E-state index contributed by atoms with van der Waals surface area (Å²) in [7, 11) is 0. The molecule has 0 radical (unpaired) electrons. The molecule has 8 heteroatoms. The Hall–Kier alpha value is -1.93. The number of fused-ring (bicyclic) bond motifs is 1. The summed E-state index contributed by atoms with van der Waals surface area (Å²) in [4.78, 5) is 32.1. The molecule has 0 unspecified atom stereocenters. The van der Waals surface area contributed by atoms with Crippen LogP contribution in [0.4, 0.5) is 0 Å². The van der Waals surface area contributed by atoms with Crippen molar-refractivity contribution in [2.45, 2.75) is 32.4 Å². The average Bonchev–Trinajstić information content (AvgIpc) is 3.07. The molecule has 1 saturated heterocycles. The molecule has 23 heavy (non-hydrogen) atoms. The van der Waals surface area contributed by atoms with E-state index in [9.17, 15) is 9.59 Å². The van der Waals surface area contributed by atoms with Crippen molar-refractivity contribution in [3.05, 3.63) is 18.0 Å². The standard InChI is InChI=1S/C15H22N4O4/c1-2-22-11-14(20)17-9-12-5-6-16-19(12)13(10-17)15(21)18-7-3-4-8-23-18/h5-6,13H,2-4,7-11H2,1H3/t13-/m1/s1. The Balaban J connectivity index is 1.76. The van der Waals surface area contributed by atoms with Gasteiger partial charge in [0, 0.05) is 19.3 Å². The number of ether oxygens (including phenoxy) is 1. The van der Waals surface area contributed by atoms with Crippen molar-refractivity contribution in [1.29, 1.82) is 0 Å². The molecule has 0 aliphatic carbocycles. The first kappa shape index (κ1) is 15.9. The number of hydroxylamine groups is 2. The summed E-state index contributed by atoms with van der Waals surface area (Å²) in [5, 5.41) is 5.67. The summed E-state index contributed by atoms with van der Waals surface area (Å²) < 4.78 is 6.90. The lowest BCUT2D eigenvalue weighted by molar-refractivity contribution is -0.201. The minimum Gasteiger partial charge on any atom is -0.372 e. The smallest absolute Gasteiger partial charge is 0.272 e. The van der Waals surface area contributed by atoms with E-state index < -0.39 is 6.04 Å². The Morgan fingerprint density at radius 1 is 1.43 bits per heavy atom. The number of nitrogens with zero attached hydrogens (tertiary/aromatic N) is 4. The highest BCUT2D eigenvalue weighted by atomic mass is 16.7. The fraction of sp³-hybridized carbons (Fsp3) is 0.667. The van der Waals surface area contributed by atoms with E-state index in [1.165, 1.54) is 5.06 Å². The third-order valence-corrected chi connectivity index (χ3v) is 4.11. The second-order valence-electron chi connectivity index (χ2n) is 5.67. The lowest BCUT2D eigenvalue weighted by atomic mass is 10.1. The van der Waals surface area contributed by atoms with Crippen LogP contribution < -0.4 is 0 Å². The second-order valence-corrected chi connectivity index (χ2v) is 5.67. The fourth-order valence-corrected chi connectivity index (χ4v) is 2.88. The quantitative estimate of drug-likeness (QED) is 0.800. The van der Waals surface area contributed by atoms with Crippen molar-refractivity contribution in [2.24, 2.45) is 0 Å². The van der Waals surface area contributed by atoms with Gasteiger partial charge >= 0.3 is 0 Å². The van der Waals surface area contributed by atoms with Crippen LogP contribution in [-0.4, -0.2) is 64.5 Å². The number of rotatable bonds is 4. The van der Waals surface area contributed by atoms with Gasteiger partial charge in [-0.15, -0.1) is 0 Å². The predicted octanol–water partition coefficient (Wildman–Crippen LogP) is 0.357. The molecule has 3 heterocycles. The summed E-state index contributed by atoms with van der Waals surface area (Å²) in [6, 6.07) is 1.29. The van der Waals surface area contributed by atoms with Crippen molar-refractivity contribution in [1.82, 2.24) is 19.7 Å². The van der Waals surface area contributed by atoms with Crippen molar-refractivity contribution in [2.75, 3.05) is 32.9 Å². The largest absolute Gasteiger partial charge is 0.372 e. The van der Waals surface area contributed by atoms with Crippen LogP contribution in [0.25, 0.3) is 0 Å². The predicted molar refractivity (Wildman–Crippen MR) is 80.1 cm³/mol. The fourth-order valence-electron chi connectivity index (χ4n) is 2.88. The number of amides is 2. The summed E-state index contributed by atoms with van der Waals surface area (Å²) >= 11 is 0. The van der Waals surface area contributed by atoms with Crippen LogP contribution in [0.2, 0.25) is 0 Å². The van der Waals surface area contributed by atoms with E-state index in [1.54, 1.807) is 15.8 Å². The van der Waals surface area contributed by atoms with Crippen molar-refractivity contribution < 1.29 is 19.2 Å². The van der Waals surface area contributed by atoms with Crippen LogP contribution in [0.15, 0.2) is 12.3 Å². The molecular weight excluding hydrogens is 300 g/mol. The lowest BCUT2D eigenvalue weighted by Gasteiger charge is -2.36.